The molecule has 1 N–H and O–H groups in total. The van der Waals surface area contributed by atoms with Gasteiger partial charge in [-0.1, -0.05) is 13.3 Å². The molecule has 0 bridgehead atoms. The van der Waals surface area contributed by atoms with Crippen molar-refractivity contribution < 1.29 is 24.5 Å². The van der Waals surface area contributed by atoms with Crippen LogP contribution in [0.5, 0.6) is 0 Å². The van der Waals surface area contributed by atoms with Crippen LogP contribution in [-0.4, -0.2) is 71.8 Å². The topological polar surface area (TPSA) is 139 Å². The number of hydrogen-bond donors (Lipinski definition) is 1. The SMILES string of the molecule is CCCCOC(=O)c1cc([N+](=O)[O-])c(N2CCN(CCO)CC2)c([N+](=O)[O-])c1. The molecule has 0 unspecified atom stereocenters. The molecule has 0 aliphatic carbocycles. The summed E-state index contributed by atoms with van der Waals surface area (Å²) >= 11 is 0. The molecule has 11 heteroatoms. The summed E-state index contributed by atoms with van der Waals surface area (Å²) in [6, 6.07) is 2.08. The van der Waals surface area contributed by atoms with Crippen LogP contribution in [0.4, 0.5) is 17.1 Å². The molecule has 0 aromatic heterocycles. The maximum Gasteiger partial charge on any atom is 0.338 e. The van der Waals surface area contributed by atoms with Gasteiger partial charge in [-0.15, -0.1) is 0 Å². The second-order valence-electron chi connectivity index (χ2n) is 6.42. The highest BCUT2D eigenvalue weighted by Crippen LogP contribution is 2.39. The highest BCUT2D eigenvalue weighted by Gasteiger charge is 2.34. The van der Waals surface area contributed by atoms with Crippen LogP contribution in [0, 0.1) is 20.2 Å². The second kappa shape index (κ2) is 9.95. The lowest BCUT2D eigenvalue weighted by molar-refractivity contribution is -0.392. The van der Waals surface area contributed by atoms with E-state index in [0.717, 1.165) is 18.6 Å². The van der Waals surface area contributed by atoms with Crippen LogP contribution in [0.1, 0.15) is 30.1 Å². The minimum Gasteiger partial charge on any atom is -0.462 e. The number of nitro groups is 2. The predicted octanol–water partition coefficient (Wildman–Crippen LogP) is 1.57. The van der Waals surface area contributed by atoms with E-state index in [2.05, 4.69) is 0 Å². The Morgan fingerprint density at radius 2 is 1.71 bits per heavy atom. The van der Waals surface area contributed by atoms with Gasteiger partial charge in [0.1, 0.15) is 0 Å². The summed E-state index contributed by atoms with van der Waals surface area (Å²) in [6.07, 6.45) is 1.43. The Morgan fingerprint density at radius 3 is 2.18 bits per heavy atom. The average molecular weight is 396 g/mol. The van der Waals surface area contributed by atoms with Crippen molar-refractivity contribution in [2.45, 2.75) is 19.8 Å². The van der Waals surface area contributed by atoms with Crippen molar-refractivity contribution >= 4 is 23.0 Å². The first kappa shape index (κ1) is 21.5. The summed E-state index contributed by atoms with van der Waals surface area (Å²) < 4.78 is 5.04. The van der Waals surface area contributed by atoms with Gasteiger partial charge in [-0.2, -0.15) is 0 Å². The van der Waals surface area contributed by atoms with Gasteiger partial charge in [0, 0.05) is 44.9 Å². The van der Waals surface area contributed by atoms with Gasteiger partial charge in [-0.3, -0.25) is 25.1 Å². The maximum atomic E-state index is 12.2. The molecular weight excluding hydrogens is 372 g/mol. The number of carbonyl (C=O) groups is 1. The highest BCUT2D eigenvalue weighted by molar-refractivity contribution is 5.94. The molecule has 1 aliphatic rings. The number of rotatable bonds is 9. The number of nitrogens with zero attached hydrogens (tertiary/aromatic N) is 4. The van der Waals surface area contributed by atoms with Crippen LogP contribution in [-0.2, 0) is 4.74 Å². The van der Waals surface area contributed by atoms with Gasteiger partial charge >= 0.3 is 17.3 Å². The third kappa shape index (κ3) is 5.14. The average Bonchev–Trinajstić information content (AvgIpc) is 2.67. The summed E-state index contributed by atoms with van der Waals surface area (Å²) in [6.45, 7) is 4.22. The molecule has 154 valence electrons. The number of aliphatic hydroxyl groups excluding tert-OH is 1. The molecule has 0 atom stereocenters. The van der Waals surface area contributed by atoms with E-state index in [9.17, 15) is 25.0 Å². The fraction of sp³-hybridized carbons (Fsp3) is 0.588. The normalized spacial score (nSPS) is 14.7. The molecule has 1 fully saturated rings. The smallest absolute Gasteiger partial charge is 0.338 e. The summed E-state index contributed by atoms with van der Waals surface area (Å²) in [5.41, 5.74) is -1.31. The lowest BCUT2D eigenvalue weighted by Gasteiger charge is -2.35. The monoisotopic (exact) mass is 396 g/mol. The van der Waals surface area contributed by atoms with E-state index in [-0.39, 0.29) is 24.5 Å². The van der Waals surface area contributed by atoms with E-state index in [1.54, 1.807) is 4.90 Å². The molecule has 1 saturated heterocycles. The number of nitro benzene ring substituents is 2. The Balaban J connectivity index is 2.37. The minimum absolute atomic E-state index is 0.00483. The van der Waals surface area contributed by atoms with Crippen LogP contribution in [0.3, 0.4) is 0 Å². The number of anilines is 1. The van der Waals surface area contributed by atoms with E-state index in [4.69, 9.17) is 9.84 Å². The zero-order chi connectivity index (χ0) is 20.7. The van der Waals surface area contributed by atoms with E-state index in [1.165, 1.54) is 0 Å². The maximum absolute atomic E-state index is 12.2. The van der Waals surface area contributed by atoms with E-state index >= 15 is 0 Å². The quantitative estimate of drug-likeness (QED) is 0.285. The predicted molar refractivity (Wildman–Crippen MR) is 101 cm³/mol. The zero-order valence-corrected chi connectivity index (χ0v) is 15.7. The fourth-order valence-electron chi connectivity index (χ4n) is 3.05. The van der Waals surface area contributed by atoms with Crippen molar-refractivity contribution in [2.24, 2.45) is 0 Å². The van der Waals surface area contributed by atoms with E-state index in [1.807, 2.05) is 11.8 Å². The van der Waals surface area contributed by atoms with Crippen molar-refractivity contribution in [3.63, 3.8) is 0 Å². The molecule has 1 heterocycles. The van der Waals surface area contributed by atoms with Crippen molar-refractivity contribution in [1.82, 2.24) is 4.90 Å². The molecule has 0 saturated carbocycles. The van der Waals surface area contributed by atoms with Gasteiger partial charge in [0.25, 0.3) is 0 Å². The van der Waals surface area contributed by atoms with Crippen molar-refractivity contribution in [1.29, 1.82) is 0 Å². The lowest BCUT2D eigenvalue weighted by atomic mass is 10.1. The molecule has 1 aromatic carbocycles. The van der Waals surface area contributed by atoms with Gasteiger partial charge in [-0.25, -0.2) is 4.79 Å². The number of β-amino-alcohol motifs (C(OH)–C–C–N with tert-alkyl or cyclic N) is 1. The Labute approximate surface area is 161 Å². The molecule has 28 heavy (non-hydrogen) atoms. The van der Waals surface area contributed by atoms with Gasteiger partial charge in [0.15, 0.2) is 5.69 Å². The molecule has 1 aromatic rings. The molecule has 0 radical (unpaired) electrons. The van der Waals surface area contributed by atoms with Crippen LogP contribution in [0.15, 0.2) is 12.1 Å². The molecule has 0 amide bonds. The largest absolute Gasteiger partial charge is 0.462 e. The summed E-state index contributed by atoms with van der Waals surface area (Å²) in [4.78, 5) is 37.5. The van der Waals surface area contributed by atoms with Crippen LogP contribution in [0.25, 0.3) is 0 Å². The van der Waals surface area contributed by atoms with Crippen molar-refractivity contribution in [2.75, 3.05) is 50.8 Å². The Kier molecular flexibility index (Phi) is 7.64. The van der Waals surface area contributed by atoms with Crippen LogP contribution >= 0.6 is 0 Å². The Morgan fingerprint density at radius 1 is 1.14 bits per heavy atom. The number of benzene rings is 1. The first-order valence-corrected chi connectivity index (χ1v) is 9.11. The summed E-state index contributed by atoms with van der Waals surface area (Å²) in [5, 5.41) is 32.2. The second-order valence-corrected chi connectivity index (χ2v) is 6.42. The Bertz CT molecular complexity index is 697. The van der Waals surface area contributed by atoms with E-state index in [0.29, 0.717) is 39.1 Å². The number of carbonyl (C=O) groups excluding carboxylic acids is 1. The molecule has 11 nitrogen and oxygen atoms in total. The number of aliphatic hydroxyl groups is 1. The minimum atomic E-state index is -0.820. The van der Waals surface area contributed by atoms with Crippen molar-refractivity contribution in [3.05, 3.63) is 37.9 Å². The van der Waals surface area contributed by atoms with Crippen LogP contribution in [0.2, 0.25) is 0 Å². The lowest BCUT2D eigenvalue weighted by Crippen LogP contribution is -2.47. The molecular formula is C17H24N4O7. The van der Waals surface area contributed by atoms with E-state index < -0.39 is 27.2 Å². The zero-order valence-electron chi connectivity index (χ0n) is 15.7. The first-order valence-electron chi connectivity index (χ1n) is 9.11. The van der Waals surface area contributed by atoms with Gasteiger partial charge < -0.3 is 14.7 Å². The number of unbranched alkanes of at least 4 members (excludes halogenated alkanes) is 1. The highest BCUT2D eigenvalue weighted by atomic mass is 16.6. The summed E-state index contributed by atoms with van der Waals surface area (Å²) in [7, 11) is 0. The number of hydrogen-bond acceptors (Lipinski definition) is 9. The summed E-state index contributed by atoms with van der Waals surface area (Å²) in [5.74, 6) is -0.820. The van der Waals surface area contributed by atoms with Gasteiger partial charge in [-0.05, 0) is 6.42 Å². The number of ether oxygens (including phenoxy) is 1. The first-order chi connectivity index (χ1) is 13.4. The fourth-order valence-corrected chi connectivity index (χ4v) is 3.05. The number of piperazine rings is 1. The van der Waals surface area contributed by atoms with Gasteiger partial charge in [0.05, 0.1) is 28.6 Å². The van der Waals surface area contributed by atoms with Crippen molar-refractivity contribution in [3.8, 4) is 0 Å². The third-order valence-corrected chi connectivity index (χ3v) is 4.53. The number of esters is 1. The molecule has 1 aliphatic heterocycles. The Hall–Kier alpha value is -2.79. The van der Waals surface area contributed by atoms with Crippen LogP contribution < -0.4 is 4.90 Å². The molecule has 2 rings (SSSR count). The van der Waals surface area contributed by atoms with Gasteiger partial charge in [0.2, 0.25) is 0 Å². The standard InChI is InChI=1S/C17H24N4O7/c1-2-3-10-28-17(23)13-11-14(20(24)25)16(15(12-13)21(26)27)19-6-4-18(5-7-19)8-9-22/h11-12,22H,2-10H2,1H3. The third-order valence-electron chi connectivity index (χ3n) is 4.53. The molecule has 0 spiro atoms.